The summed E-state index contributed by atoms with van der Waals surface area (Å²) in [5.41, 5.74) is 0.0140. The molecule has 1 saturated heterocycles. The second-order valence-corrected chi connectivity index (χ2v) is 8.93. The lowest BCUT2D eigenvalue weighted by molar-refractivity contribution is -0.136. The van der Waals surface area contributed by atoms with Crippen molar-refractivity contribution in [1.82, 2.24) is 14.8 Å². The van der Waals surface area contributed by atoms with Gasteiger partial charge in [-0.2, -0.15) is 0 Å². The van der Waals surface area contributed by atoms with Gasteiger partial charge in [-0.15, -0.1) is 11.3 Å². The molecule has 2 aromatic rings. The molecular formula is C21H23FN4O3S. The Morgan fingerprint density at radius 3 is 2.77 bits per heavy atom. The molecule has 1 spiro atoms. The summed E-state index contributed by atoms with van der Waals surface area (Å²) in [6, 6.07) is 5.89. The third-order valence-corrected chi connectivity index (χ3v) is 6.77. The molecule has 1 aromatic carbocycles. The first-order chi connectivity index (χ1) is 14.4. The van der Waals surface area contributed by atoms with Crippen molar-refractivity contribution in [1.29, 1.82) is 0 Å². The minimum absolute atomic E-state index is 0.282. The molecule has 30 heavy (non-hydrogen) atoms. The normalized spacial score (nSPS) is 18.3. The van der Waals surface area contributed by atoms with E-state index in [1.54, 1.807) is 19.3 Å². The molecule has 158 valence electrons. The molecule has 1 saturated carbocycles. The highest BCUT2D eigenvalue weighted by Gasteiger charge is 2.55. The second-order valence-electron chi connectivity index (χ2n) is 7.81. The van der Waals surface area contributed by atoms with Gasteiger partial charge in [0.25, 0.3) is 5.91 Å². The summed E-state index contributed by atoms with van der Waals surface area (Å²) in [5.74, 6) is -1.05. The first kappa shape index (κ1) is 20.5. The van der Waals surface area contributed by atoms with Crippen molar-refractivity contribution in [2.45, 2.75) is 44.1 Å². The van der Waals surface area contributed by atoms with Gasteiger partial charge < -0.3 is 10.2 Å². The Bertz CT molecular complexity index is 986. The number of aromatic nitrogens is 1. The second kappa shape index (κ2) is 8.14. The van der Waals surface area contributed by atoms with Crippen LogP contribution >= 0.6 is 11.3 Å². The molecule has 1 aromatic heterocycles. The Balaban J connectivity index is 1.38. The molecule has 0 unspecified atom stereocenters. The first-order valence-corrected chi connectivity index (χ1v) is 10.8. The number of benzene rings is 1. The molecule has 2 fully saturated rings. The van der Waals surface area contributed by atoms with E-state index in [-0.39, 0.29) is 18.3 Å². The lowest BCUT2D eigenvalue weighted by Crippen LogP contribution is -2.49. The number of thiazole rings is 1. The van der Waals surface area contributed by atoms with Crippen LogP contribution in [0, 0.1) is 5.82 Å². The molecule has 1 N–H and O–H groups in total. The number of carbonyl (C=O) groups is 3. The number of urea groups is 1. The average molecular weight is 431 g/mol. The molecule has 4 amide bonds. The maximum absolute atomic E-state index is 13.3. The average Bonchev–Trinajstić information content (AvgIpc) is 3.22. The SMILES string of the molecule is CN1C(=O)N(CC(=O)Nc2ncc(Cc3cccc(F)c3)s2)C(=O)C12CCCCC2. The van der Waals surface area contributed by atoms with Gasteiger partial charge in [-0.3, -0.25) is 14.5 Å². The van der Waals surface area contributed by atoms with Gasteiger partial charge in [0.15, 0.2) is 5.13 Å². The summed E-state index contributed by atoms with van der Waals surface area (Å²) < 4.78 is 13.3. The lowest BCUT2D eigenvalue weighted by Gasteiger charge is -2.35. The van der Waals surface area contributed by atoms with Crippen LogP contribution in [0.15, 0.2) is 30.5 Å². The van der Waals surface area contributed by atoms with E-state index >= 15 is 0 Å². The first-order valence-electron chi connectivity index (χ1n) is 9.98. The molecule has 9 heteroatoms. The number of amides is 4. The third kappa shape index (κ3) is 3.81. The molecule has 0 bridgehead atoms. The summed E-state index contributed by atoms with van der Waals surface area (Å²) in [4.78, 5) is 45.7. The fourth-order valence-corrected chi connectivity index (χ4v) is 5.13. The molecule has 0 atom stereocenters. The van der Waals surface area contributed by atoms with Gasteiger partial charge >= 0.3 is 6.03 Å². The summed E-state index contributed by atoms with van der Waals surface area (Å²) in [5, 5.41) is 3.04. The van der Waals surface area contributed by atoms with Crippen LogP contribution < -0.4 is 5.32 Å². The molecular weight excluding hydrogens is 407 g/mol. The molecule has 2 aliphatic rings. The number of halogens is 1. The van der Waals surface area contributed by atoms with E-state index in [4.69, 9.17) is 0 Å². The Labute approximate surface area is 177 Å². The van der Waals surface area contributed by atoms with E-state index in [0.29, 0.717) is 24.4 Å². The van der Waals surface area contributed by atoms with E-state index in [9.17, 15) is 18.8 Å². The molecule has 1 aliphatic carbocycles. The van der Waals surface area contributed by atoms with Crippen molar-refractivity contribution in [3.8, 4) is 0 Å². The Hall–Kier alpha value is -2.81. The number of nitrogens with one attached hydrogen (secondary N) is 1. The van der Waals surface area contributed by atoms with Gasteiger partial charge in [0.05, 0.1) is 0 Å². The topological polar surface area (TPSA) is 82.6 Å². The predicted octanol–water partition coefficient (Wildman–Crippen LogP) is 3.41. The highest BCUT2D eigenvalue weighted by Crippen LogP contribution is 2.39. The van der Waals surface area contributed by atoms with Crippen LogP contribution in [0.1, 0.15) is 42.5 Å². The number of hydrogen-bond acceptors (Lipinski definition) is 5. The summed E-state index contributed by atoms with van der Waals surface area (Å²) >= 11 is 1.28. The van der Waals surface area contributed by atoms with Crippen molar-refractivity contribution < 1.29 is 18.8 Å². The summed E-state index contributed by atoms with van der Waals surface area (Å²) in [7, 11) is 1.64. The molecule has 0 radical (unpaired) electrons. The van der Waals surface area contributed by atoms with Crippen molar-refractivity contribution in [2.75, 3.05) is 18.9 Å². The van der Waals surface area contributed by atoms with Gasteiger partial charge in [0.2, 0.25) is 5.91 Å². The molecule has 1 aliphatic heterocycles. The number of imide groups is 1. The number of rotatable bonds is 5. The highest BCUT2D eigenvalue weighted by molar-refractivity contribution is 7.15. The number of hydrogen-bond donors (Lipinski definition) is 1. The fraction of sp³-hybridized carbons (Fsp3) is 0.429. The summed E-state index contributed by atoms with van der Waals surface area (Å²) in [6.45, 7) is -0.331. The van der Waals surface area contributed by atoms with Gasteiger partial charge in [-0.1, -0.05) is 31.4 Å². The monoisotopic (exact) mass is 430 g/mol. The number of nitrogens with zero attached hydrogens (tertiary/aromatic N) is 3. The summed E-state index contributed by atoms with van der Waals surface area (Å²) in [6.07, 6.45) is 6.26. The lowest BCUT2D eigenvalue weighted by atomic mass is 9.81. The molecule has 2 heterocycles. The Morgan fingerprint density at radius 2 is 2.03 bits per heavy atom. The maximum atomic E-state index is 13.3. The van der Waals surface area contributed by atoms with E-state index in [1.807, 2.05) is 6.07 Å². The van der Waals surface area contributed by atoms with Crippen LogP contribution in [-0.2, 0) is 16.0 Å². The van der Waals surface area contributed by atoms with E-state index < -0.39 is 17.5 Å². The Kier molecular flexibility index (Phi) is 5.55. The van der Waals surface area contributed by atoms with Crippen molar-refractivity contribution in [2.24, 2.45) is 0 Å². The standard InChI is InChI=1S/C21H23FN4O3S/c1-25-20(29)26(18(28)21(25)8-3-2-4-9-21)13-17(27)24-19-23-12-16(30-19)11-14-6-5-7-15(22)10-14/h5-7,10,12H,2-4,8-9,11,13H2,1H3,(H,23,24,27). The van der Waals surface area contributed by atoms with Gasteiger partial charge in [0.1, 0.15) is 17.9 Å². The largest absolute Gasteiger partial charge is 0.327 e. The zero-order chi connectivity index (χ0) is 21.3. The van der Waals surface area contributed by atoms with Crippen LogP contribution in [0.25, 0.3) is 0 Å². The minimum atomic E-state index is -0.797. The van der Waals surface area contributed by atoms with E-state index in [0.717, 1.165) is 34.6 Å². The zero-order valence-electron chi connectivity index (χ0n) is 16.7. The van der Waals surface area contributed by atoms with Crippen molar-refractivity contribution >= 4 is 34.3 Å². The van der Waals surface area contributed by atoms with Gasteiger partial charge in [-0.05, 0) is 30.5 Å². The molecule has 7 nitrogen and oxygen atoms in total. The van der Waals surface area contributed by atoms with E-state index in [1.165, 1.54) is 28.4 Å². The van der Waals surface area contributed by atoms with Crippen LogP contribution in [0.3, 0.4) is 0 Å². The van der Waals surface area contributed by atoms with Crippen molar-refractivity contribution in [3.05, 3.63) is 46.7 Å². The number of carbonyl (C=O) groups excluding carboxylic acids is 3. The Morgan fingerprint density at radius 1 is 1.27 bits per heavy atom. The molecule has 4 rings (SSSR count). The smallest absolute Gasteiger partial charge is 0.313 e. The predicted molar refractivity (Wildman–Crippen MR) is 111 cm³/mol. The van der Waals surface area contributed by atoms with Crippen LogP contribution in [0.4, 0.5) is 14.3 Å². The van der Waals surface area contributed by atoms with Crippen LogP contribution in [-0.4, -0.2) is 51.8 Å². The third-order valence-electron chi connectivity index (χ3n) is 5.85. The quantitative estimate of drug-likeness (QED) is 0.737. The van der Waals surface area contributed by atoms with Crippen LogP contribution in [0.5, 0.6) is 0 Å². The van der Waals surface area contributed by atoms with Gasteiger partial charge in [0, 0.05) is 24.5 Å². The number of likely N-dealkylation sites (N-methyl/N-ethyl adjacent to an activating group) is 1. The van der Waals surface area contributed by atoms with E-state index in [2.05, 4.69) is 10.3 Å². The van der Waals surface area contributed by atoms with Crippen LogP contribution in [0.2, 0.25) is 0 Å². The highest BCUT2D eigenvalue weighted by atomic mass is 32.1. The zero-order valence-corrected chi connectivity index (χ0v) is 17.5. The fourth-order valence-electron chi connectivity index (χ4n) is 4.27. The van der Waals surface area contributed by atoms with Gasteiger partial charge in [-0.25, -0.2) is 14.2 Å². The minimum Gasteiger partial charge on any atom is -0.313 e. The van der Waals surface area contributed by atoms with Crippen molar-refractivity contribution in [3.63, 3.8) is 0 Å². The maximum Gasteiger partial charge on any atom is 0.327 e. The number of anilines is 1.